The summed E-state index contributed by atoms with van der Waals surface area (Å²) in [4.78, 5) is 10.1. The van der Waals surface area contributed by atoms with E-state index < -0.39 is 12.5 Å². The number of anilines is 1. The van der Waals surface area contributed by atoms with Crippen molar-refractivity contribution in [3.8, 4) is 0 Å². The van der Waals surface area contributed by atoms with Crippen molar-refractivity contribution in [2.45, 2.75) is 6.55 Å². The van der Waals surface area contributed by atoms with Gasteiger partial charge in [-0.2, -0.15) is 13.9 Å². The second-order valence-corrected chi connectivity index (χ2v) is 2.23. The van der Waals surface area contributed by atoms with Gasteiger partial charge in [0.05, 0.1) is 18.1 Å². The fraction of sp³-hybridized carbons (Fsp3) is 0.333. The van der Waals surface area contributed by atoms with Gasteiger partial charge in [0.2, 0.25) is 0 Å². The van der Waals surface area contributed by atoms with Crippen LogP contribution in [-0.4, -0.2) is 27.4 Å². The average molecular weight is 191 g/mol. The monoisotopic (exact) mass is 191 g/mol. The van der Waals surface area contributed by atoms with Gasteiger partial charge in [-0.1, -0.05) is 0 Å². The predicted molar refractivity (Wildman–Crippen MR) is 39.6 cm³/mol. The Kier molecular flexibility index (Phi) is 2.78. The summed E-state index contributed by atoms with van der Waals surface area (Å²) in [6, 6.07) is 0. The summed E-state index contributed by atoms with van der Waals surface area (Å²) in [5, 5.41) is 14.0. The van der Waals surface area contributed by atoms with E-state index >= 15 is 0 Å². The molecule has 0 fully saturated rings. The summed E-state index contributed by atoms with van der Waals surface area (Å²) in [6.45, 7) is -3.03. The molecule has 0 atom stereocenters. The molecule has 0 aromatic carbocycles. The fourth-order valence-electron chi connectivity index (χ4n) is 0.714. The molecule has 0 saturated carbocycles. The van der Waals surface area contributed by atoms with Gasteiger partial charge >= 0.3 is 12.5 Å². The summed E-state index contributed by atoms with van der Waals surface area (Å²) < 4.78 is 24.3. The maximum atomic E-state index is 11.9. The molecule has 1 aromatic rings. The van der Waals surface area contributed by atoms with Crippen LogP contribution in [0.1, 0.15) is 6.55 Å². The van der Waals surface area contributed by atoms with Gasteiger partial charge in [0.15, 0.2) is 0 Å². The summed E-state index contributed by atoms with van der Waals surface area (Å²) in [5.74, 6) is -1.07. The number of hydrogen-bond acceptors (Lipinski definition) is 3. The second-order valence-electron chi connectivity index (χ2n) is 2.23. The van der Waals surface area contributed by atoms with Gasteiger partial charge in [0, 0.05) is 0 Å². The van der Waals surface area contributed by atoms with Crippen LogP contribution in [0.5, 0.6) is 0 Å². The number of carboxylic acids is 1. The Hall–Kier alpha value is -1.66. The molecule has 0 radical (unpaired) electrons. The summed E-state index contributed by atoms with van der Waals surface area (Å²) in [7, 11) is 0. The number of aliphatic carboxylic acids is 1. The molecule has 2 N–H and O–H groups in total. The molecule has 0 aliphatic rings. The lowest BCUT2D eigenvalue weighted by atomic mass is 10.5. The normalized spacial score (nSPS) is 10.4. The van der Waals surface area contributed by atoms with Crippen LogP contribution in [0.15, 0.2) is 12.4 Å². The van der Waals surface area contributed by atoms with Crippen molar-refractivity contribution in [2.24, 2.45) is 0 Å². The first-order valence-electron chi connectivity index (χ1n) is 3.37. The van der Waals surface area contributed by atoms with Crippen LogP contribution in [0.2, 0.25) is 0 Å². The Balaban J connectivity index is 2.54. The number of hydrogen-bond donors (Lipinski definition) is 2. The van der Waals surface area contributed by atoms with Crippen LogP contribution in [0, 0.1) is 0 Å². The lowest BCUT2D eigenvalue weighted by Crippen LogP contribution is -2.11. The molecule has 0 saturated heterocycles. The average Bonchev–Trinajstić information content (AvgIpc) is 2.48. The minimum absolute atomic E-state index is 0.253. The molecule has 7 heteroatoms. The van der Waals surface area contributed by atoms with Crippen molar-refractivity contribution in [2.75, 3.05) is 11.9 Å². The van der Waals surface area contributed by atoms with Gasteiger partial charge in [0.25, 0.3) is 0 Å². The van der Waals surface area contributed by atoms with E-state index in [9.17, 15) is 13.6 Å². The molecular formula is C6H7F2N3O2. The lowest BCUT2D eigenvalue weighted by Gasteiger charge is -1.97. The largest absolute Gasteiger partial charge is 0.480 e. The van der Waals surface area contributed by atoms with Crippen molar-refractivity contribution in [3.63, 3.8) is 0 Å². The van der Waals surface area contributed by atoms with E-state index in [0.717, 1.165) is 12.4 Å². The Morgan fingerprint density at radius 2 is 2.46 bits per heavy atom. The van der Waals surface area contributed by atoms with Gasteiger partial charge in [0.1, 0.15) is 6.54 Å². The molecular weight excluding hydrogens is 184 g/mol. The number of aromatic nitrogens is 2. The molecule has 0 amide bonds. The first-order chi connectivity index (χ1) is 6.09. The standard InChI is InChI=1S/C6H7F2N3O2/c7-6(8)11-3-4(1-10-11)9-2-5(12)13/h1,3,6,9H,2H2,(H,12,13). The number of carboxylic acid groups (broad SMARTS) is 1. The third kappa shape index (κ3) is 2.69. The van der Waals surface area contributed by atoms with Gasteiger partial charge in [-0.05, 0) is 0 Å². The molecule has 0 aliphatic heterocycles. The molecule has 0 bridgehead atoms. The van der Waals surface area contributed by atoms with Crippen LogP contribution in [0.3, 0.4) is 0 Å². The van der Waals surface area contributed by atoms with E-state index in [1.165, 1.54) is 0 Å². The van der Waals surface area contributed by atoms with E-state index in [1.54, 1.807) is 0 Å². The van der Waals surface area contributed by atoms with E-state index in [4.69, 9.17) is 5.11 Å². The van der Waals surface area contributed by atoms with Gasteiger partial charge < -0.3 is 10.4 Å². The Morgan fingerprint density at radius 3 is 2.92 bits per heavy atom. The SMILES string of the molecule is O=C(O)CNc1cnn(C(F)F)c1. The van der Waals surface area contributed by atoms with Crippen LogP contribution < -0.4 is 5.32 Å². The zero-order valence-electron chi connectivity index (χ0n) is 6.44. The molecule has 0 unspecified atom stereocenters. The third-order valence-corrected chi connectivity index (χ3v) is 1.25. The molecule has 1 aromatic heterocycles. The maximum absolute atomic E-state index is 11.9. The van der Waals surface area contributed by atoms with Crippen molar-refractivity contribution >= 4 is 11.7 Å². The molecule has 1 heterocycles. The van der Waals surface area contributed by atoms with Gasteiger partial charge in [-0.25, -0.2) is 4.68 Å². The van der Waals surface area contributed by atoms with Gasteiger partial charge in [-0.15, -0.1) is 0 Å². The zero-order valence-corrected chi connectivity index (χ0v) is 6.44. The first-order valence-corrected chi connectivity index (χ1v) is 3.37. The van der Waals surface area contributed by atoms with E-state index in [-0.39, 0.29) is 12.2 Å². The molecule has 0 spiro atoms. The molecule has 1 rings (SSSR count). The Labute approximate surface area is 72.0 Å². The molecule has 5 nitrogen and oxygen atoms in total. The number of halogens is 2. The van der Waals surface area contributed by atoms with Crippen molar-refractivity contribution in [3.05, 3.63) is 12.4 Å². The van der Waals surface area contributed by atoms with Gasteiger partial charge in [-0.3, -0.25) is 4.79 Å². The molecule has 13 heavy (non-hydrogen) atoms. The lowest BCUT2D eigenvalue weighted by molar-refractivity contribution is -0.134. The number of rotatable bonds is 4. The Morgan fingerprint density at radius 1 is 1.77 bits per heavy atom. The minimum Gasteiger partial charge on any atom is -0.480 e. The van der Waals surface area contributed by atoms with E-state index in [1.807, 2.05) is 0 Å². The topological polar surface area (TPSA) is 67.2 Å². The van der Waals surface area contributed by atoms with Crippen molar-refractivity contribution in [1.82, 2.24) is 9.78 Å². The highest BCUT2D eigenvalue weighted by atomic mass is 19.3. The van der Waals surface area contributed by atoms with Crippen molar-refractivity contribution < 1.29 is 18.7 Å². The molecule has 0 aliphatic carbocycles. The van der Waals surface area contributed by atoms with Crippen LogP contribution in [0.4, 0.5) is 14.5 Å². The van der Waals surface area contributed by atoms with Crippen LogP contribution >= 0.6 is 0 Å². The van der Waals surface area contributed by atoms with Crippen LogP contribution in [-0.2, 0) is 4.79 Å². The smallest absolute Gasteiger partial charge is 0.333 e. The first kappa shape index (κ1) is 9.43. The number of nitrogens with one attached hydrogen (secondary N) is 1. The van der Waals surface area contributed by atoms with E-state index in [2.05, 4.69) is 10.4 Å². The highest BCUT2D eigenvalue weighted by Gasteiger charge is 2.07. The number of carbonyl (C=O) groups is 1. The zero-order chi connectivity index (χ0) is 9.84. The predicted octanol–water partition coefficient (Wildman–Crippen LogP) is 0.775. The highest BCUT2D eigenvalue weighted by molar-refractivity contribution is 5.72. The summed E-state index contributed by atoms with van der Waals surface area (Å²) >= 11 is 0. The quantitative estimate of drug-likeness (QED) is 0.737. The summed E-state index contributed by atoms with van der Waals surface area (Å²) in [5.41, 5.74) is 0.253. The minimum atomic E-state index is -2.71. The fourth-order valence-corrected chi connectivity index (χ4v) is 0.714. The van der Waals surface area contributed by atoms with E-state index in [0.29, 0.717) is 4.68 Å². The third-order valence-electron chi connectivity index (χ3n) is 1.25. The second kappa shape index (κ2) is 3.83. The maximum Gasteiger partial charge on any atom is 0.333 e. The number of nitrogens with zero attached hydrogens (tertiary/aromatic N) is 2. The highest BCUT2D eigenvalue weighted by Crippen LogP contribution is 2.12. The summed E-state index contributed by atoms with van der Waals surface area (Å²) in [6.07, 6.45) is 2.17. The van der Waals surface area contributed by atoms with Crippen molar-refractivity contribution in [1.29, 1.82) is 0 Å². The molecule has 72 valence electrons. The number of alkyl halides is 2. The Bertz CT molecular complexity index is 300. The van der Waals surface area contributed by atoms with Crippen LogP contribution in [0.25, 0.3) is 0 Å².